The Morgan fingerprint density at radius 3 is 1.13 bits per heavy atom. The largest absolute Gasteiger partial charge is 0.464 e. The lowest BCUT2D eigenvalue weighted by molar-refractivity contribution is -0.154. The maximum absolute atomic E-state index is 12.8. The molecule has 254 valence electrons. The molecule has 0 bridgehead atoms. The van der Waals surface area contributed by atoms with Crippen LogP contribution < -0.4 is 21.3 Å². The third-order valence-corrected chi connectivity index (χ3v) is 5.81. The number of esters is 4. The van der Waals surface area contributed by atoms with E-state index in [1.165, 1.54) is 27.7 Å². The molecule has 4 amide bonds. The number of ether oxygens (including phenoxy) is 4. The number of nitrogens with zero attached hydrogens (tertiary/aromatic N) is 2. The molecule has 1 aromatic rings. The van der Waals surface area contributed by atoms with E-state index in [-0.39, 0.29) is 11.4 Å². The van der Waals surface area contributed by atoms with Crippen LogP contribution in [0.2, 0.25) is 0 Å². The van der Waals surface area contributed by atoms with E-state index in [9.17, 15) is 38.4 Å². The Labute approximate surface area is 265 Å². The van der Waals surface area contributed by atoms with E-state index in [1.54, 1.807) is 0 Å². The van der Waals surface area contributed by atoms with Gasteiger partial charge in [0.05, 0.1) is 12.4 Å². The number of amides is 4. The third kappa shape index (κ3) is 14.1. The van der Waals surface area contributed by atoms with Gasteiger partial charge in [-0.3, -0.25) is 48.3 Å². The zero-order valence-corrected chi connectivity index (χ0v) is 26.8. The third-order valence-electron chi connectivity index (χ3n) is 5.81. The molecular weight excluding hydrogens is 612 g/mol. The van der Waals surface area contributed by atoms with Gasteiger partial charge in [-0.15, -0.1) is 0 Å². The van der Waals surface area contributed by atoms with Gasteiger partial charge in [0.15, 0.2) is 12.2 Å². The summed E-state index contributed by atoms with van der Waals surface area (Å²) in [5.74, 6) is -5.32. The first kappa shape index (κ1) is 38.9. The van der Waals surface area contributed by atoms with Crippen LogP contribution in [0.1, 0.15) is 79.0 Å². The topological polar surface area (TPSA) is 247 Å². The normalized spacial score (nSPS) is 14.4. The van der Waals surface area contributed by atoms with E-state index in [0.29, 0.717) is 0 Å². The minimum absolute atomic E-state index is 0.0370. The SMILES string of the molecule is CC(=O)NC(C)C(=O)NC(COC(C)=O)C(OC(C)=O)c1cnc(C(OC(C)=O)C(COC(C)=O)NC(=O)C(C)NC(C)=O)cn1. The number of carbonyl (C=O) groups is 8. The second-order valence-electron chi connectivity index (χ2n) is 10.1. The minimum Gasteiger partial charge on any atom is -0.464 e. The van der Waals surface area contributed by atoms with Crippen LogP contribution in [0.4, 0.5) is 0 Å². The van der Waals surface area contributed by atoms with Crippen molar-refractivity contribution in [2.45, 2.75) is 91.8 Å². The van der Waals surface area contributed by atoms with Crippen LogP contribution >= 0.6 is 0 Å². The summed E-state index contributed by atoms with van der Waals surface area (Å²) in [4.78, 5) is 104. The molecule has 0 aliphatic carbocycles. The van der Waals surface area contributed by atoms with Gasteiger partial charge in [-0.25, -0.2) is 0 Å². The predicted molar refractivity (Wildman–Crippen MR) is 155 cm³/mol. The summed E-state index contributed by atoms with van der Waals surface area (Å²) in [6.07, 6.45) is -0.467. The number of carbonyl (C=O) groups excluding carboxylic acids is 8. The molecule has 0 saturated heterocycles. The van der Waals surface area contributed by atoms with Crippen molar-refractivity contribution in [3.8, 4) is 0 Å². The van der Waals surface area contributed by atoms with Crippen molar-refractivity contribution in [1.29, 1.82) is 0 Å². The van der Waals surface area contributed by atoms with Crippen LogP contribution in [0.3, 0.4) is 0 Å². The molecule has 0 radical (unpaired) electrons. The van der Waals surface area contributed by atoms with E-state index in [4.69, 9.17) is 18.9 Å². The van der Waals surface area contributed by atoms with E-state index < -0.39 is 97.1 Å². The molecule has 0 aliphatic heterocycles. The van der Waals surface area contributed by atoms with Gasteiger partial charge < -0.3 is 40.2 Å². The van der Waals surface area contributed by atoms with Gasteiger partial charge in [-0.2, -0.15) is 0 Å². The molecule has 46 heavy (non-hydrogen) atoms. The number of hydrogen-bond acceptors (Lipinski definition) is 14. The zero-order valence-electron chi connectivity index (χ0n) is 26.8. The van der Waals surface area contributed by atoms with Crippen molar-refractivity contribution in [2.75, 3.05) is 13.2 Å². The number of rotatable bonds is 16. The summed E-state index contributed by atoms with van der Waals surface area (Å²) in [5.41, 5.74) is -0.0741. The van der Waals surface area contributed by atoms with Crippen LogP contribution in [-0.2, 0) is 57.3 Å². The van der Waals surface area contributed by atoms with E-state index in [1.807, 2.05) is 0 Å². The van der Waals surface area contributed by atoms with E-state index in [2.05, 4.69) is 31.2 Å². The quantitative estimate of drug-likeness (QED) is 0.121. The molecule has 6 atom stereocenters. The smallest absolute Gasteiger partial charge is 0.303 e. The Morgan fingerprint density at radius 2 is 0.891 bits per heavy atom. The molecule has 0 spiro atoms. The molecule has 18 nitrogen and oxygen atoms in total. The molecule has 0 fully saturated rings. The monoisotopic (exact) mass is 652 g/mol. The van der Waals surface area contributed by atoms with Gasteiger partial charge in [0.25, 0.3) is 0 Å². The van der Waals surface area contributed by atoms with Crippen molar-refractivity contribution in [2.24, 2.45) is 0 Å². The molecule has 4 N–H and O–H groups in total. The number of nitrogens with one attached hydrogen (secondary N) is 4. The zero-order chi connectivity index (χ0) is 35.1. The first-order valence-electron chi connectivity index (χ1n) is 14.0. The molecule has 0 aliphatic rings. The van der Waals surface area contributed by atoms with Gasteiger partial charge in [0, 0.05) is 41.5 Å². The van der Waals surface area contributed by atoms with Crippen LogP contribution in [0.15, 0.2) is 12.4 Å². The molecular formula is C28H40N6O12. The summed E-state index contributed by atoms with van der Waals surface area (Å²) in [5, 5.41) is 9.94. The van der Waals surface area contributed by atoms with E-state index >= 15 is 0 Å². The predicted octanol–water partition coefficient (Wildman–Crippen LogP) is -1.17. The Hall–Kier alpha value is -5.16. The minimum atomic E-state index is -1.37. The van der Waals surface area contributed by atoms with Gasteiger partial charge in [0.2, 0.25) is 23.6 Å². The average molecular weight is 653 g/mol. The first-order valence-corrected chi connectivity index (χ1v) is 14.0. The highest BCUT2D eigenvalue weighted by atomic mass is 16.6. The van der Waals surface area contributed by atoms with Crippen LogP contribution in [0.5, 0.6) is 0 Å². The van der Waals surface area contributed by atoms with E-state index in [0.717, 1.165) is 40.1 Å². The van der Waals surface area contributed by atoms with Gasteiger partial charge in [-0.1, -0.05) is 0 Å². The Kier molecular flexibility index (Phi) is 15.7. The summed E-state index contributed by atoms with van der Waals surface area (Å²) in [6.45, 7) is 8.78. The first-order chi connectivity index (χ1) is 21.4. The fourth-order valence-electron chi connectivity index (χ4n) is 3.88. The molecule has 6 unspecified atom stereocenters. The number of hydrogen-bond donors (Lipinski definition) is 4. The van der Waals surface area contributed by atoms with Crippen LogP contribution in [-0.4, -0.2) is 94.9 Å². The fraction of sp³-hybridized carbons (Fsp3) is 0.571. The van der Waals surface area contributed by atoms with Crippen molar-refractivity contribution >= 4 is 47.5 Å². The molecule has 1 heterocycles. The molecule has 0 aromatic carbocycles. The standard InChI is InChI=1S/C28H40N6O12/c1-13(31-15(3)35)27(41)33-23(11-43-17(5)37)25(45-19(7)39)21-9-30-22(10-29-21)26(46-20(8)40)24(12-44-18(6)38)34-28(42)14(2)32-16(4)36/h9-10,13-14,23-26H,11-12H2,1-8H3,(H,31,35)(H,32,36)(H,33,41)(H,34,42). The van der Waals surface area contributed by atoms with Gasteiger partial charge in [-0.05, 0) is 13.8 Å². The molecule has 1 rings (SSSR count). The molecule has 0 saturated carbocycles. The number of aromatic nitrogens is 2. The Balaban J connectivity index is 3.54. The molecule has 18 heteroatoms. The maximum atomic E-state index is 12.8. The lowest BCUT2D eigenvalue weighted by Gasteiger charge is -2.29. The van der Waals surface area contributed by atoms with Crippen molar-refractivity contribution in [1.82, 2.24) is 31.2 Å². The van der Waals surface area contributed by atoms with Crippen molar-refractivity contribution < 1.29 is 57.3 Å². The Bertz CT molecular complexity index is 1190. The van der Waals surface area contributed by atoms with Crippen LogP contribution in [0.25, 0.3) is 0 Å². The Morgan fingerprint density at radius 1 is 0.565 bits per heavy atom. The summed E-state index contributed by atoms with van der Waals surface area (Å²) in [7, 11) is 0. The summed E-state index contributed by atoms with van der Waals surface area (Å²) < 4.78 is 21.0. The van der Waals surface area contributed by atoms with Gasteiger partial charge >= 0.3 is 23.9 Å². The highest BCUT2D eigenvalue weighted by Gasteiger charge is 2.34. The highest BCUT2D eigenvalue weighted by Crippen LogP contribution is 2.24. The van der Waals surface area contributed by atoms with Crippen LogP contribution in [0, 0.1) is 0 Å². The van der Waals surface area contributed by atoms with Crippen molar-refractivity contribution in [3.05, 3.63) is 23.8 Å². The lowest BCUT2D eigenvalue weighted by Crippen LogP contribution is -2.51. The second kappa shape index (κ2) is 18.6. The van der Waals surface area contributed by atoms with Crippen molar-refractivity contribution in [3.63, 3.8) is 0 Å². The van der Waals surface area contributed by atoms with Gasteiger partial charge in [0.1, 0.15) is 48.8 Å². The summed E-state index contributed by atoms with van der Waals surface area (Å²) >= 11 is 0. The fourth-order valence-corrected chi connectivity index (χ4v) is 3.88. The maximum Gasteiger partial charge on any atom is 0.303 e. The lowest BCUT2D eigenvalue weighted by atomic mass is 10.1. The molecule has 1 aromatic heterocycles. The summed E-state index contributed by atoms with van der Waals surface area (Å²) in [6, 6.07) is -4.42. The average Bonchev–Trinajstić information content (AvgIpc) is 2.93. The highest BCUT2D eigenvalue weighted by molar-refractivity contribution is 5.87. The second-order valence-corrected chi connectivity index (χ2v) is 10.1.